The van der Waals surface area contributed by atoms with Crippen LogP contribution in [0.2, 0.25) is 11.1 Å². The van der Waals surface area contributed by atoms with E-state index in [4.69, 9.17) is 23.1 Å². The molecule has 0 bridgehead atoms. The minimum atomic E-state index is -2.67. The van der Waals surface area contributed by atoms with Crippen LogP contribution in [0, 0.1) is 11.8 Å². The summed E-state index contributed by atoms with van der Waals surface area (Å²) in [5.41, 5.74) is 0.482. The fourth-order valence-corrected chi connectivity index (χ4v) is 9.11. The van der Waals surface area contributed by atoms with Crippen LogP contribution in [0.4, 0.5) is 4.79 Å². The predicted octanol–water partition coefficient (Wildman–Crippen LogP) is 4.78. The molecule has 2 rings (SSSR count). The van der Waals surface area contributed by atoms with E-state index in [0.29, 0.717) is 6.61 Å². The number of ether oxygens (including phenoxy) is 3. The molecule has 5 atom stereocenters. The van der Waals surface area contributed by atoms with Gasteiger partial charge in [-0.15, -0.1) is 0 Å². The normalized spacial score (nSPS) is 31.0. The van der Waals surface area contributed by atoms with Gasteiger partial charge in [0.25, 0.3) is 0 Å². The van der Waals surface area contributed by atoms with Crippen molar-refractivity contribution in [3.8, 4) is 0 Å². The minimum absolute atomic E-state index is 0.0696. The Hall–Kier alpha value is 0.372. The third kappa shape index (κ3) is 4.97. The maximum Gasteiger partial charge on any atom is 0.367 e. The van der Waals surface area contributed by atoms with Crippen LogP contribution in [0.1, 0.15) is 55.4 Å². The molecule has 10 heteroatoms. The Kier molecular flexibility index (Phi) is 9.35. The molecule has 2 fully saturated rings. The molecule has 0 amide bonds. The molecule has 30 heavy (non-hydrogen) atoms. The number of carbonyl (C=O) groups excluding carboxylic acids is 1. The molecule has 0 N–H and O–H groups in total. The van der Waals surface area contributed by atoms with Crippen molar-refractivity contribution in [1.29, 1.82) is 0 Å². The van der Waals surface area contributed by atoms with E-state index in [1.165, 1.54) is 0 Å². The van der Waals surface area contributed by atoms with Crippen molar-refractivity contribution >= 4 is 41.7 Å². The van der Waals surface area contributed by atoms with Crippen molar-refractivity contribution in [3.63, 3.8) is 0 Å². The second-order valence-electron chi connectivity index (χ2n) is 9.43. The quantitative estimate of drug-likeness (QED) is 0.310. The molecule has 0 aromatic heterocycles. The molecule has 0 aliphatic carbocycles. The van der Waals surface area contributed by atoms with E-state index < -0.39 is 26.6 Å². The van der Waals surface area contributed by atoms with Gasteiger partial charge in [-0.1, -0.05) is 55.4 Å². The Balaban J connectivity index is 2.55. The first kappa shape index (κ1) is 26.6. The Morgan fingerprint density at radius 2 is 1.70 bits per heavy atom. The number of carbonyl (C=O) groups is 1. The molecule has 2 saturated heterocycles. The summed E-state index contributed by atoms with van der Waals surface area (Å²) in [5, 5.41) is -0.346. The van der Waals surface area contributed by atoms with Gasteiger partial charge in [-0.05, 0) is 29.1 Å². The van der Waals surface area contributed by atoms with Crippen LogP contribution in [0.5, 0.6) is 0 Å². The second-order valence-corrected chi connectivity index (χ2v) is 14.8. The first-order chi connectivity index (χ1) is 13.9. The zero-order valence-electron chi connectivity index (χ0n) is 19.8. The Bertz CT molecular complexity index is 578. The van der Waals surface area contributed by atoms with E-state index in [1.807, 2.05) is 7.00 Å². The predicted molar refractivity (Wildman–Crippen MR) is 128 cm³/mol. The smallest absolute Gasteiger partial charge is 0.367 e. The molecule has 173 valence electrons. The lowest BCUT2D eigenvalue weighted by Crippen LogP contribution is -2.64. The van der Waals surface area contributed by atoms with Gasteiger partial charge in [0.2, 0.25) is 0 Å². The number of hydrogen-bond donors (Lipinski definition) is 0. The third-order valence-corrected chi connectivity index (χ3v) is 11.5. The van der Waals surface area contributed by atoms with Gasteiger partial charge in [0, 0.05) is 11.8 Å². The third-order valence-electron chi connectivity index (χ3n) is 6.27. The van der Waals surface area contributed by atoms with Crippen LogP contribution < -0.4 is 0 Å². The zero-order valence-corrected chi connectivity index (χ0v) is 22.8. The van der Waals surface area contributed by atoms with E-state index in [0.717, 1.165) is 11.8 Å². The van der Waals surface area contributed by atoms with E-state index >= 15 is 0 Å². The van der Waals surface area contributed by atoms with Gasteiger partial charge >= 0.3 is 13.9 Å². The van der Waals surface area contributed by atoms with Crippen LogP contribution in [0.25, 0.3) is 0 Å². The lowest BCUT2D eigenvalue weighted by molar-refractivity contribution is -0.297. The summed E-state index contributed by atoms with van der Waals surface area (Å²) in [4.78, 5) is 12.1. The van der Waals surface area contributed by atoms with Crippen LogP contribution in [-0.4, -0.2) is 63.8 Å². The Morgan fingerprint density at radius 3 is 2.13 bits per heavy atom. The highest BCUT2D eigenvalue weighted by Crippen LogP contribution is 2.47. The van der Waals surface area contributed by atoms with Crippen molar-refractivity contribution in [2.75, 3.05) is 12.9 Å². The second kappa shape index (κ2) is 10.5. The monoisotopic (exact) mass is 477 g/mol. The van der Waals surface area contributed by atoms with E-state index in [-0.39, 0.29) is 40.3 Å². The molecule has 2 unspecified atom stereocenters. The van der Waals surface area contributed by atoms with Crippen LogP contribution >= 0.6 is 20.9 Å². The molecule has 0 saturated carbocycles. The molecule has 2 aliphatic heterocycles. The van der Waals surface area contributed by atoms with E-state index in [2.05, 4.69) is 64.5 Å². The number of thioether (sulfide) groups is 1. The minimum Gasteiger partial charge on any atom is -0.449 e. The number of hydrogen-bond acceptors (Lipinski definition) is 7. The van der Waals surface area contributed by atoms with E-state index in [9.17, 15) is 4.79 Å². The molecule has 2 heterocycles. The van der Waals surface area contributed by atoms with Gasteiger partial charge < -0.3 is 23.1 Å². The molecular weight excluding hydrogens is 438 g/mol. The van der Waals surface area contributed by atoms with Crippen molar-refractivity contribution in [1.82, 2.24) is 0 Å². The summed E-state index contributed by atoms with van der Waals surface area (Å²) in [5.74, 6) is -0.729. The molecular formula is C20H39BO6PSSi. The number of rotatable bonds is 6. The Labute approximate surface area is 190 Å². The van der Waals surface area contributed by atoms with Gasteiger partial charge in [-0.25, -0.2) is 4.79 Å². The highest BCUT2D eigenvalue weighted by atomic mass is 32.2. The van der Waals surface area contributed by atoms with Crippen molar-refractivity contribution in [2.45, 2.75) is 96.6 Å². The van der Waals surface area contributed by atoms with Crippen LogP contribution in [0.15, 0.2) is 0 Å². The molecule has 0 aromatic carbocycles. The SMILES string of the molecule is CSC(=O)OC1[C@H]([B]P)O[C@H]2CO[Si](C(C)C)(C(C)C)OC(C(C)C)(C(C)C)O[C@H]12. The van der Waals surface area contributed by atoms with Gasteiger partial charge in [0.1, 0.15) is 12.2 Å². The highest BCUT2D eigenvalue weighted by molar-refractivity contribution is 8.12. The Morgan fingerprint density at radius 1 is 1.13 bits per heavy atom. The zero-order chi connectivity index (χ0) is 22.9. The fourth-order valence-electron chi connectivity index (χ4n) is 4.62. The number of fused-ring (bicyclic) bond motifs is 1. The summed E-state index contributed by atoms with van der Waals surface area (Å²) in [6.45, 7) is 19.4. The maximum absolute atomic E-state index is 12.1. The maximum atomic E-state index is 12.1. The standard InChI is InChI=1S/C20H39BO6PSSi/c1-11(2)20(12(3)4)26-16-15(10-23-30(27-20,13(5)6)14(7)8)24-18(21-28)17(16)25-19(22)29-9/h11-18H,10,28H2,1-9H3/t15-,16-,17?,18+/m0/s1. The van der Waals surface area contributed by atoms with Crippen LogP contribution in [-0.2, 0) is 23.1 Å². The molecule has 0 aromatic rings. The van der Waals surface area contributed by atoms with Crippen LogP contribution in [0.3, 0.4) is 0 Å². The summed E-state index contributed by atoms with van der Waals surface area (Å²) in [6, 6.07) is -0.381. The largest absolute Gasteiger partial charge is 0.449 e. The summed E-state index contributed by atoms with van der Waals surface area (Å²) >= 11 is 1.04. The molecule has 6 nitrogen and oxygen atoms in total. The first-order valence-corrected chi connectivity index (χ1v) is 14.8. The van der Waals surface area contributed by atoms with Gasteiger partial charge in [0.15, 0.2) is 18.9 Å². The highest BCUT2D eigenvalue weighted by Gasteiger charge is 2.60. The van der Waals surface area contributed by atoms with Crippen molar-refractivity contribution in [3.05, 3.63) is 0 Å². The summed E-state index contributed by atoms with van der Waals surface area (Å²) in [7, 11) is -0.0947. The van der Waals surface area contributed by atoms with Crippen molar-refractivity contribution in [2.24, 2.45) is 11.8 Å². The first-order valence-electron chi connectivity index (χ1n) is 10.9. The molecule has 2 aliphatic rings. The lowest BCUT2D eigenvalue weighted by Gasteiger charge is -2.53. The van der Waals surface area contributed by atoms with Gasteiger partial charge in [0.05, 0.1) is 12.6 Å². The molecule has 0 spiro atoms. The lowest BCUT2D eigenvalue weighted by atomic mass is 9.88. The molecule has 1 radical (unpaired) electrons. The summed E-state index contributed by atoms with van der Waals surface area (Å²) in [6.07, 6.45) is 0.345. The summed E-state index contributed by atoms with van der Waals surface area (Å²) < 4.78 is 32.6. The van der Waals surface area contributed by atoms with E-state index in [1.54, 1.807) is 6.26 Å². The van der Waals surface area contributed by atoms with Gasteiger partial charge in [-0.3, -0.25) is 0 Å². The average molecular weight is 477 g/mol. The average Bonchev–Trinajstić information content (AvgIpc) is 2.96. The topological polar surface area (TPSA) is 63.2 Å². The van der Waals surface area contributed by atoms with Crippen molar-refractivity contribution < 1.29 is 27.9 Å². The fraction of sp³-hybridized carbons (Fsp3) is 0.950. The van der Waals surface area contributed by atoms with Gasteiger partial charge in [-0.2, -0.15) is 9.12 Å².